The topological polar surface area (TPSA) is 72.0 Å². The van der Waals surface area contributed by atoms with Gasteiger partial charge in [-0.15, -0.1) is 0 Å². The first-order chi connectivity index (χ1) is 12.2. The fourth-order valence-corrected chi connectivity index (χ4v) is 3.90. The van der Waals surface area contributed by atoms with Crippen molar-refractivity contribution in [3.8, 4) is 17.2 Å². The summed E-state index contributed by atoms with van der Waals surface area (Å²) in [4.78, 5) is 0. The number of aromatic hydroxyl groups is 1. The Kier molecular flexibility index (Phi) is 4.56. The highest BCUT2D eigenvalue weighted by molar-refractivity contribution is 9.10. The van der Waals surface area contributed by atoms with Crippen LogP contribution < -0.4 is 20.3 Å². The van der Waals surface area contributed by atoms with E-state index in [-0.39, 0.29) is 24.6 Å². The van der Waals surface area contributed by atoms with Crippen molar-refractivity contribution in [2.45, 2.75) is 25.1 Å². The van der Waals surface area contributed by atoms with Gasteiger partial charge in [0.1, 0.15) is 17.2 Å². The van der Waals surface area contributed by atoms with Crippen LogP contribution in [0.3, 0.4) is 0 Å². The maximum absolute atomic E-state index is 10.3. The standard InChI is InChI=1S/C18H19BrN2O4/c1-23-12-2-3-13(17(22)6-12)15-7-16(21-20-15)14-5-11(19)4-10-8-24-9-25-18(10)14/h2-6,15-16,20-22H,7-9H2,1H3. The molecule has 6 nitrogen and oxygen atoms in total. The van der Waals surface area contributed by atoms with Gasteiger partial charge in [-0.05, 0) is 24.6 Å². The zero-order valence-electron chi connectivity index (χ0n) is 13.7. The molecule has 0 aliphatic carbocycles. The molecule has 2 heterocycles. The monoisotopic (exact) mass is 406 g/mol. The van der Waals surface area contributed by atoms with Gasteiger partial charge in [0.15, 0.2) is 6.79 Å². The van der Waals surface area contributed by atoms with E-state index in [2.05, 4.69) is 32.8 Å². The number of methoxy groups -OCH3 is 1. The van der Waals surface area contributed by atoms with Crippen molar-refractivity contribution in [3.63, 3.8) is 0 Å². The second kappa shape index (κ2) is 6.84. The van der Waals surface area contributed by atoms with Gasteiger partial charge in [0.2, 0.25) is 0 Å². The van der Waals surface area contributed by atoms with E-state index in [1.165, 1.54) is 0 Å². The third-order valence-corrected chi connectivity index (χ3v) is 5.05. The molecule has 2 aromatic rings. The van der Waals surface area contributed by atoms with Crippen LogP contribution in [0.25, 0.3) is 0 Å². The highest BCUT2D eigenvalue weighted by atomic mass is 79.9. The van der Waals surface area contributed by atoms with Crippen molar-refractivity contribution in [2.24, 2.45) is 0 Å². The first-order valence-electron chi connectivity index (χ1n) is 8.06. The quantitative estimate of drug-likeness (QED) is 0.726. The lowest BCUT2D eigenvalue weighted by molar-refractivity contribution is -0.0173. The Morgan fingerprint density at radius 2 is 1.96 bits per heavy atom. The van der Waals surface area contributed by atoms with E-state index >= 15 is 0 Å². The molecule has 2 aromatic carbocycles. The molecule has 2 aliphatic heterocycles. The van der Waals surface area contributed by atoms with Gasteiger partial charge in [0.05, 0.1) is 25.8 Å². The minimum absolute atomic E-state index is 0.00891. The molecule has 132 valence electrons. The van der Waals surface area contributed by atoms with E-state index in [1.54, 1.807) is 13.2 Å². The van der Waals surface area contributed by atoms with Crippen LogP contribution in [0.2, 0.25) is 0 Å². The van der Waals surface area contributed by atoms with Crippen molar-refractivity contribution in [3.05, 3.63) is 51.5 Å². The number of hydrazine groups is 1. The second-order valence-corrected chi connectivity index (χ2v) is 7.06. The summed E-state index contributed by atoms with van der Waals surface area (Å²) in [5.74, 6) is 1.74. The number of ether oxygens (including phenoxy) is 3. The third-order valence-electron chi connectivity index (χ3n) is 4.60. The minimum atomic E-state index is -0.00891. The van der Waals surface area contributed by atoms with Crippen LogP contribution in [0.1, 0.15) is 35.2 Å². The molecule has 25 heavy (non-hydrogen) atoms. The smallest absolute Gasteiger partial charge is 0.189 e. The third kappa shape index (κ3) is 3.20. The predicted octanol–water partition coefficient (Wildman–Crippen LogP) is 3.31. The summed E-state index contributed by atoms with van der Waals surface area (Å²) in [5.41, 5.74) is 9.55. The fourth-order valence-electron chi connectivity index (χ4n) is 3.38. The Morgan fingerprint density at radius 3 is 2.72 bits per heavy atom. The van der Waals surface area contributed by atoms with E-state index in [0.29, 0.717) is 12.4 Å². The van der Waals surface area contributed by atoms with Crippen molar-refractivity contribution in [1.82, 2.24) is 10.9 Å². The maximum atomic E-state index is 10.3. The number of halogens is 1. The number of hydrogen-bond acceptors (Lipinski definition) is 6. The first kappa shape index (κ1) is 16.7. The van der Waals surface area contributed by atoms with Crippen LogP contribution in [-0.4, -0.2) is 19.0 Å². The number of fused-ring (bicyclic) bond motifs is 1. The molecule has 2 atom stereocenters. The Bertz CT molecular complexity index is 799. The van der Waals surface area contributed by atoms with Gasteiger partial charge in [-0.3, -0.25) is 0 Å². The van der Waals surface area contributed by atoms with Gasteiger partial charge < -0.3 is 19.3 Å². The molecule has 4 rings (SSSR count). The Hall–Kier alpha value is -1.80. The summed E-state index contributed by atoms with van der Waals surface area (Å²) in [6.07, 6.45) is 0.785. The second-order valence-electron chi connectivity index (χ2n) is 6.15. The summed E-state index contributed by atoms with van der Waals surface area (Å²) in [6, 6.07) is 9.52. The summed E-state index contributed by atoms with van der Waals surface area (Å²) in [5, 5.41) is 10.3. The fraction of sp³-hybridized carbons (Fsp3) is 0.333. The maximum Gasteiger partial charge on any atom is 0.189 e. The van der Waals surface area contributed by atoms with Crippen LogP contribution in [0.4, 0.5) is 0 Å². The summed E-state index contributed by atoms with van der Waals surface area (Å²) >= 11 is 3.56. The van der Waals surface area contributed by atoms with Gasteiger partial charge in [0.25, 0.3) is 0 Å². The van der Waals surface area contributed by atoms with Gasteiger partial charge in [-0.25, -0.2) is 10.9 Å². The molecule has 0 amide bonds. The Balaban J connectivity index is 1.60. The largest absolute Gasteiger partial charge is 0.507 e. The SMILES string of the molecule is COc1ccc(C2CC(c3cc(Br)cc4c3OCOC4)NN2)c(O)c1. The highest BCUT2D eigenvalue weighted by Crippen LogP contribution is 2.41. The molecule has 0 radical (unpaired) electrons. The zero-order chi connectivity index (χ0) is 17.4. The van der Waals surface area contributed by atoms with Gasteiger partial charge in [-0.1, -0.05) is 22.0 Å². The molecule has 1 fully saturated rings. The van der Waals surface area contributed by atoms with E-state index in [4.69, 9.17) is 14.2 Å². The first-order valence-corrected chi connectivity index (χ1v) is 8.86. The molecule has 0 aromatic heterocycles. The molecule has 1 saturated heterocycles. The van der Waals surface area contributed by atoms with E-state index < -0.39 is 0 Å². The molecular formula is C18H19BrN2O4. The number of benzene rings is 2. The Labute approximate surface area is 154 Å². The van der Waals surface area contributed by atoms with Crippen LogP contribution in [0, 0.1) is 0 Å². The van der Waals surface area contributed by atoms with Crippen molar-refractivity contribution < 1.29 is 19.3 Å². The van der Waals surface area contributed by atoms with Crippen molar-refractivity contribution in [2.75, 3.05) is 13.9 Å². The molecule has 3 N–H and O–H groups in total. The van der Waals surface area contributed by atoms with Crippen LogP contribution >= 0.6 is 15.9 Å². The van der Waals surface area contributed by atoms with Crippen molar-refractivity contribution >= 4 is 15.9 Å². The van der Waals surface area contributed by atoms with Crippen LogP contribution in [0.5, 0.6) is 17.2 Å². The Morgan fingerprint density at radius 1 is 1.16 bits per heavy atom. The van der Waals surface area contributed by atoms with Gasteiger partial charge >= 0.3 is 0 Å². The molecule has 0 bridgehead atoms. The predicted molar refractivity (Wildman–Crippen MR) is 95.5 cm³/mol. The highest BCUT2D eigenvalue weighted by Gasteiger charge is 2.31. The van der Waals surface area contributed by atoms with Gasteiger partial charge in [-0.2, -0.15) is 0 Å². The minimum Gasteiger partial charge on any atom is -0.507 e. The summed E-state index contributed by atoms with van der Waals surface area (Å²) in [7, 11) is 1.58. The number of phenolic OH excluding ortho intramolecular Hbond substituents is 1. The molecule has 7 heteroatoms. The molecular weight excluding hydrogens is 388 g/mol. The molecule has 2 aliphatic rings. The lowest BCUT2D eigenvalue weighted by atomic mass is 9.95. The normalized spacial score (nSPS) is 22.3. The average Bonchev–Trinajstić information content (AvgIpc) is 3.10. The molecule has 0 spiro atoms. The van der Waals surface area contributed by atoms with Crippen molar-refractivity contribution in [1.29, 1.82) is 0 Å². The van der Waals surface area contributed by atoms with Crippen LogP contribution in [-0.2, 0) is 11.3 Å². The summed E-state index contributed by atoms with van der Waals surface area (Å²) < 4.78 is 17.3. The van der Waals surface area contributed by atoms with E-state index in [0.717, 1.165) is 33.3 Å². The molecule has 0 saturated carbocycles. The van der Waals surface area contributed by atoms with E-state index in [1.807, 2.05) is 18.2 Å². The van der Waals surface area contributed by atoms with Gasteiger partial charge in [0, 0.05) is 27.2 Å². The molecule has 2 unspecified atom stereocenters. The van der Waals surface area contributed by atoms with E-state index in [9.17, 15) is 5.11 Å². The average molecular weight is 407 g/mol. The lowest BCUT2D eigenvalue weighted by Gasteiger charge is -2.23. The van der Waals surface area contributed by atoms with Crippen LogP contribution in [0.15, 0.2) is 34.8 Å². The zero-order valence-corrected chi connectivity index (χ0v) is 15.3. The number of nitrogens with one attached hydrogen (secondary N) is 2. The lowest BCUT2D eigenvalue weighted by Crippen LogP contribution is -2.27. The number of phenols is 1. The number of hydrogen-bond donors (Lipinski definition) is 3. The summed E-state index contributed by atoms with van der Waals surface area (Å²) in [6.45, 7) is 0.815. The number of rotatable bonds is 3.